The Labute approximate surface area is 204 Å². The zero-order chi connectivity index (χ0) is 24.8. The molecule has 182 valence electrons. The maximum absolute atomic E-state index is 13.3. The van der Waals surface area contributed by atoms with Gasteiger partial charge in [-0.25, -0.2) is 4.79 Å². The van der Waals surface area contributed by atoms with E-state index in [9.17, 15) is 14.4 Å². The van der Waals surface area contributed by atoms with Crippen LogP contribution in [0.25, 0.3) is 0 Å². The number of nitrogens with zero attached hydrogens (tertiary/aromatic N) is 1. The third kappa shape index (κ3) is 6.09. The van der Waals surface area contributed by atoms with Crippen LogP contribution in [0.15, 0.2) is 77.4 Å². The molecule has 0 spiro atoms. The minimum absolute atomic E-state index is 0.0655. The van der Waals surface area contributed by atoms with E-state index in [4.69, 9.17) is 9.15 Å². The van der Waals surface area contributed by atoms with Gasteiger partial charge in [0.05, 0.1) is 19.4 Å². The van der Waals surface area contributed by atoms with Crippen molar-refractivity contribution in [3.05, 3.63) is 89.9 Å². The second-order valence-corrected chi connectivity index (χ2v) is 8.93. The number of nitrogens with one attached hydrogen (secondary N) is 2. The first-order chi connectivity index (χ1) is 16.9. The molecule has 1 aliphatic rings. The van der Waals surface area contributed by atoms with Crippen LogP contribution in [0, 0.1) is 5.92 Å². The first kappa shape index (κ1) is 24.1. The first-order valence-electron chi connectivity index (χ1n) is 11.6. The molecule has 1 aliphatic heterocycles. The van der Waals surface area contributed by atoms with Gasteiger partial charge < -0.3 is 19.8 Å². The molecule has 8 nitrogen and oxygen atoms in total. The summed E-state index contributed by atoms with van der Waals surface area (Å²) in [6.07, 6.45) is 0.596. The lowest BCUT2D eigenvalue weighted by Gasteiger charge is -2.24. The van der Waals surface area contributed by atoms with Gasteiger partial charge >= 0.3 is 6.09 Å². The van der Waals surface area contributed by atoms with Gasteiger partial charge in [-0.1, -0.05) is 56.3 Å². The molecule has 0 radical (unpaired) electrons. The Morgan fingerprint density at radius 2 is 1.74 bits per heavy atom. The number of amides is 3. The molecule has 2 N–H and O–H groups in total. The van der Waals surface area contributed by atoms with Crippen LogP contribution in [-0.4, -0.2) is 28.8 Å². The molecule has 35 heavy (non-hydrogen) atoms. The number of anilines is 1. The molecule has 0 aliphatic carbocycles. The number of ether oxygens (including phenoxy) is 1. The van der Waals surface area contributed by atoms with E-state index in [1.165, 1.54) is 11.2 Å². The normalized spacial score (nSPS) is 17.3. The van der Waals surface area contributed by atoms with Gasteiger partial charge in [0.1, 0.15) is 5.76 Å². The minimum Gasteiger partial charge on any atom is -0.467 e. The topological polar surface area (TPSA) is 101 Å². The molecule has 1 aromatic heterocycles. The summed E-state index contributed by atoms with van der Waals surface area (Å²) < 4.78 is 11.0. The predicted octanol–water partition coefficient (Wildman–Crippen LogP) is 4.64. The van der Waals surface area contributed by atoms with Gasteiger partial charge in [-0.3, -0.25) is 14.5 Å². The summed E-state index contributed by atoms with van der Waals surface area (Å²) in [6.45, 7) is 4.40. The number of hydrogen-bond donors (Lipinski definition) is 2. The third-order valence-corrected chi connectivity index (χ3v) is 5.68. The Morgan fingerprint density at radius 3 is 2.40 bits per heavy atom. The Balaban J connectivity index is 1.54. The quantitative estimate of drug-likeness (QED) is 0.469. The highest BCUT2D eigenvalue weighted by molar-refractivity contribution is 5.91. The van der Waals surface area contributed by atoms with Crippen LogP contribution in [-0.2, 0) is 27.4 Å². The maximum atomic E-state index is 13.3. The van der Waals surface area contributed by atoms with Crippen molar-refractivity contribution in [3.63, 3.8) is 0 Å². The fourth-order valence-corrected chi connectivity index (χ4v) is 4.02. The van der Waals surface area contributed by atoms with E-state index in [0.717, 1.165) is 5.56 Å². The van der Waals surface area contributed by atoms with Gasteiger partial charge in [-0.2, -0.15) is 0 Å². The van der Waals surface area contributed by atoms with Gasteiger partial charge in [-0.15, -0.1) is 0 Å². The van der Waals surface area contributed by atoms with Crippen molar-refractivity contribution in [1.82, 2.24) is 10.2 Å². The third-order valence-electron chi connectivity index (χ3n) is 5.68. The second-order valence-electron chi connectivity index (χ2n) is 8.93. The number of hydrogen-bond acceptors (Lipinski definition) is 5. The number of rotatable bonds is 9. The monoisotopic (exact) mass is 475 g/mol. The lowest BCUT2D eigenvalue weighted by atomic mass is 10.00. The zero-order valence-electron chi connectivity index (χ0n) is 19.8. The lowest BCUT2D eigenvalue weighted by Crippen LogP contribution is -2.46. The Hall–Kier alpha value is -4.07. The molecule has 2 heterocycles. The van der Waals surface area contributed by atoms with Gasteiger partial charge in [0.15, 0.2) is 12.1 Å². The number of cyclic esters (lactones) is 1. The molecule has 0 saturated carbocycles. The van der Waals surface area contributed by atoms with Crippen LogP contribution < -0.4 is 10.6 Å². The van der Waals surface area contributed by atoms with E-state index in [2.05, 4.69) is 10.6 Å². The fraction of sp³-hybridized carbons (Fsp3) is 0.296. The largest absolute Gasteiger partial charge is 0.467 e. The molecular weight excluding hydrogens is 446 g/mol. The molecule has 3 aromatic rings. The van der Waals surface area contributed by atoms with Crippen LogP contribution in [0.3, 0.4) is 0 Å². The number of carbonyl (C=O) groups excluding carboxylic acids is 3. The number of carbonyl (C=O) groups is 3. The summed E-state index contributed by atoms with van der Waals surface area (Å²) in [6, 6.07) is 19.1. The first-order valence-corrected chi connectivity index (χ1v) is 11.6. The van der Waals surface area contributed by atoms with Crippen LogP contribution in [0.5, 0.6) is 0 Å². The Bertz CT molecular complexity index is 1140. The smallest absolute Gasteiger partial charge is 0.411 e. The average molecular weight is 476 g/mol. The molecular formula is C27H29N3O5. The van der Waals surface area contributed by atoms with Gasteiger partial charge in [0.25, 0.3) is 0 Å². The van der Waals surface area contributed by atoms with E-state index in [1.807, 2.05) is 44.2 Å². The highest BCUT2D eigenvalue weighted by Gasteiger charge is 2.46. The van der Waals surface area contributed by atoms with Gasteiger partial charge in [-0.05, 0) is 41.3 Å². The summed E-state index contributed by atoms with van der Waals surface area (Å²) in [5.74, 6) is 0.450. The van der Waals surface area contributed by atoms with Crippen molar-refractivity contribution in [1.29, 1.82) is 0 Å². The number of benzene rings is 2. The summed E-state index contributed by atoms with van der Waals surface area (Å²) in [5.41, 5.74) is 2.19. The molecule has 3 amide bonds. The van der Waals surface area contributed by atoms with E-state index < -0.39 is 18.2 Å². The average Bonchev–Trinajstić information content (AvgIpc) is 3.46. The highest BCUT2D eigenvalue weighted by Crippen LogP contribution is 2.34. The van der Waals surface area contributed by atoms with E-state index in [-0.39, 0.29) is 30.8 Å². The Kier molecular flexibility index (Phi) is 7.50. The SMILES string of the molecule is CC(C)CC(=O)Nc1ccc(C2OC(=O)N(Cc3ccccc3)C2C(=O)NCc2ccco2)cc1. The van der Waals surface area contributed by atoms with Crippen LogP contribution >= 0.6 is 0 Å². The van der Waals surface area contributed by atoms with Crippen LogP contribution in [0.2, 0.25) is 0 Å². The van der Waals surface area contributed by atoms with Crippen molar-refractivity contribution < 1.29 is 23.5 Å². The molecule has 0 bridgehead atoms. The summed E-state index contributed by atoms with van der Waals surface area (Å²) in [4.78, 5) is 39.7. The van der Waals surface area contributed by atoms with E-state index in [0.29, 0.717) is 23.4 Å². The zero-order valence-corrected chi connectivity index (χ0v) is 19.8. The van der Waals surface area contributed by atoms with Crippen LogP contribution in [0.1, 0.15) is 43.3 Å². The van der Waals surface area contributed by atoms with Gasteiger partial charge in [0.2, 0.25) is 11.8 Å². The number of furan rings is 1. The molecule has 4 rings (SSSR count). The second kappa shape index (κ2) is 10.9. The molecule has 8 heteroatoms. The van der Waals surface area contributed by atoms with Crippen LogP contribution in [0.4, 0.5) is 10.5 Å². The predicted molar refractivity (Wildman–Crippen MR) is 130 cm³/mol. The Morgan fingerprint density at radius 1 is 1.00 bits per heavy atom. The van der Waals surface area contributed by atoms with E-state index >= 15 is 0 Å². The summed E-state index contributed by atoms with van der Waals surface area (Å²) >= 11 is 0. The van der Waals surface area contributed by atoms with E-state index in [1.54, 1.807) is 36.4 Å². The lowest BCUT2D eigenvalue weighted by molar-refractivity contribution is -0.126. The highest BCUT2D eigenvalue weighted by atomic mass is 16.6. The van der Waals surface area contributed by atoms with Crippen molar-refractivity contribution in [3.8, 4) is 0 Å². The maximum Gasteiger partial charge on any atom is 0.411 e. The summed E-state index contributed by atoms with van der Waals surface area (Å²) in [5, 5.41) is 5.72. The van der Waals surface area contributed by atoms with Crippen molar-refractivity contribution >= 4 is 23.6 Å². The van der Waals surface area contributed by atoms with Crippen molar-refractivity contribution in [2.24, 2.45) is 5.92 Å². The van der Waals surface area contributed by atoms with Crippen molar-refractivity contribution in [2.45, 2.75) is 45.5 Å². The molecule has 2 aromatic carbocycles. The molecule has 1 fully saturated rings. The molecule has 2 unspecified atom stereocenters. The molecule has 1 saturated heterocycles. The standard InChI is InChI=1S/C27H29N3O5/c1-18(2)15-23(31)29-21-12-10-20(11-13-21)25-24(26(32)28-16-22-9-6-14-34-22)30(27(33)35-25)17-19-7-4-3-5-8-19/h3-14,18,24-25H,15-17H2,1-2H3,(H,28,32)(H,29,31). The molecule has 2 atom stereocenters. The summed E-state index contributed by atoms with van der Waals surface area (Å²) in [7, 11) is 0. The van der Waals surface area contributed by atoms with Gasteiger partial charge in [0, 0.05) is 12.1 Å². The minimum atomic E-state index is -0.876. The fourth-order valence-electron chi connectivity index (χ4n) is 4.02. The van der Waals surface area contributed by atoms with Crippen molar-refractivity contribution in [2.75, 3.05) is 5.32 Å².